The van der Waals surface area contributed by atoms with E-state index in [0.29, 0.717) is 23.9 Å². The lowest BCUT2D eigenvalue weighted by atomic mass is 9.75. The molecule has 1 aromatic rings. The average Bonchev–Trinajstić information content (AvgIpc) is 2.53. The molecule has 4 atom stereocenters. The highest BCUT2D eigenvalue weighted by atomic mass is 16.3. The summed E-state index contributed by atoms with van der Waals surface area (Å²) in [6.45, 7) is 11.2. The summed E-state index contributed by atoms with van der Waals surface area (Å²) in [5.74, 6) is 0.973. The van der Waals surface area contributed by atoms with Gasteiger partial charge in [0, 0.05) is 37.7 Å². The minimum absolute atomic E-state index is 0.130. The Morgan fingerprint density at radius 3 is 2.52 bits per heavy atom. The second-order valence-corrected chi connectivity index (χ2v) is 8.13. The molecule has 1 fully saturated rings. The molecule has 0 amide bonds. The van der Waals surface area contributed by atoms with E-state index in [1.54, 1.807) is 0 Å². The summed E-state index contributed by atoms with van der Waals surface area (Å²) in [6, 6.07) is 11.8. The van der Waals surface area contributed by atoms with Crippen molar-refractivity contribution in [2.75, 3.05) is 26.7 Å². The number of benzene rings is 1. The lowest BCUT2D eigenvalue weighted by Crippen LogP contribution is -2.52. The molecular formula is C20H34N2O. The van der Waals surface area contributed by atoms with Crippen LogP contribution in [0.25, 0.3) is 0 Å². The van der Waals surface area contributed by atoms with Crippen molar-refractivity contribution in [2.24, 2.45) is 11.3 Å². The van der Waals surface area contributed by atoms with Crippen molar-refractivity contribution >= 4 is 0 Å². The lowest BCUT2D eigenvalue weighted by Gasteiger charge is -2.42. The first-order valence-corrected chi connectivity index (χ1v) is 8.94. The van der Waals surface area contributed by atoms with E-state index in [4.69, 9.17) is 0 Å². The third-order valence-corrected chi connectivity index (χ3v) is 5.75. The van der Waals surface area contributed by atoms with Gasteiger partial charge in [0.15, 0.2) is 0 Å². The van der Waals surface area contributed by atoms with E-state index in [1.807, 2.05) is 0 Å². The number of aliphatic hydroxyl groups is 1. The highest BCUT2D eigenvalue weighted by molar-refractivity contribution is 5.22. The number of piperidine rings is 1. The van der Waals surface area contributed by atoms with Crippen LogP contribution in [-0.2, 0) is 0 Å². The van der Waals surface area contributed by atoms with Crippen molar-refractivity contribution in [1.29, 1.82) is 0 Å². The molecule has 2 rings (SSSR count). The van der Waals surface area contributed by atoms with Gasteiger partial charge < -0.3 is 15.3 Å². The van der Waals surface area contributed by atoms with Crippen LogP contribution in [0.2, 0.25) is 0 Å². The predicted octanol–water partition coefficient (Wildman–Crippen LogP) is 3.11. The zero-order valence-electron chi connectivity index (χ0n) is 15.4. The molecule has 23 heavy (non-hydrogen) atoms. The Morgan fingerprint density at radius 1 is 1.26 bits per heavy atom. The number of hydrogen-bond donors (Lipinski definition) is 2. The van der Waals surface area contributed by atoms with Crippen molar-refractivity contribution in [3.8, 4) is 0 Å². The molecule has 1 aliphatic heterocycles. The van der Waals surface area contributed by atoms with Gasteiger partial charge in [-0.1, -0.05) is 51.1 Å². The second-order valence-electron chi connectivity index (χ2n) is 8.13. The highest BCUT2D eigenvalue weighted by Crippen LogP contribution is 2.35. The van der Waals surface area contributed by atoms with Crippen LogP contribution >= 0.6 is 0 Å². The molecule has 1 saturated heterocycles. The van der Waals surface area contributed by atoms with Gasteiger partial charge in [0.05, 0.1) is 0 Å². The third-order valence-electron chi connectivity index (χ3n) is 5.75. The van der Waals surface area contributed by atoms with E-state index in [9.17, 15) is 5.11 Å². The Kier molecular flexibility index (Phi) is 6.24. The first-order valence-electron chi connectivity index (χ1n) is 8.94. The van der Waals surface area contributed by atoms with Crippen LogP contribution in [0.4, 0.5) is 0 Å². The molecule has 1 aliphatic rings. The van der Waals surface area contributed by atoms with Crippen LogP contribution < -0.4 is 5.32 Å². The third kappa shape index (κ3) is 4.56. The first kappa shape index (κ1) is 18.4. The average molecular weight is 319 g/mol. The molecule has 0 aromatic heterocycles. The van der Waals surface area contributed by atoms with Gasteiger partial charge in [-0.3, -0.25) is 0 Å². The van der Waals surface area contributed by atoms with Crippen LogP contribution in [0.15, 0.2) is 30.3 Å². The monoisotopic (exact) mass is 318 g/mol. The molecule has 4 unspecified atom stereocenters. The molecule has 0 spiro atoms. The zero-order valence-corrected chi connectivity index (χ0v) is 15.4. The summed E-state index contributed by atoms with van der Waals surface area (Å²) >= 11 is 0. The topological polar surface area (TPSA) is 35.5 Å². The molecule has 3 heteroatoms. The highest BCUT2D eigenvalue weighted by Gasteiger charge is 2.33. The summed E-state index contributed by atoms with van der Waals surface area (Å²) in [5.41, 5.74) is 1.18. The maximum Gasteiger partial charge on any atom is 0.0488 e. The van der Waals surface area contributed by atoms with Gasteiger partial charge in [-0.15, -0.1) is 0 Å². The van der Waals surface area contributed by atoms with Crippen LogP contribution in [-0.4, -0.2) is 48.8 Å². The summed E-state index contributed by atoms with van der Waals surface area (Å²) < 4.78 is 0. The van der Waals surface area contributed by atoms with Gasteiger partial charge in [0.2, 0.25) is 0 Å². The summed E-state index contributed by atoms with van der Waals surface area (Å²) in [7, 11) is 2.22. The van der Waals surface area contributed by atoms with Gasteiger partial charge in [0.25, 0.3) is 0 Å². The van der Waals surface area contributed by atoms with E-state index in [2.05, 4.69) is 75.3 Å². The summed E-state index contributed by atoms with van der Waals surface area (Å²) in [6.07, 6.45) is 1.19. The number of nitrogens with zero attached hydrogens (tertiary/aromatic N) is 1. The van der Waals surface area contributed by atoms with E-state index in [1.165, 1.54) is 12.0 Å². The van der Waals surface area contributed by atoms with E-state index in [-0.39, 0.29) is 12.0 Å². The molecule has 1 aromatic carbocycles. The SMILES string of the molecule is CC1CN(C)C(C)CC1NCC(c1ccccc1)C(C)(C)CO. The maximum atomic E-state index is 9.86. The standard InChI is InChI=1S/C20H34N2O/c1-15-13-22(5)16(2)11-19(15)21-12-18(20(3,4)14-23)17-9-7-6-8-10-17/h6-10,15-16,18-19,21,23H,11-14H2,1-5H3. The fraction of sp³-hybridized carbons (Fsp3) is 0.700. The van der Waals surface area contributed by atoms with Gasteiger partial charge in [0.1, 0.15) is 0 Å². The quantitative estimate of drug-likeness (QED) is 0.846. The van der Waals surface area contributed by atoms with Crippen LogP contribution in [0.3, 0.4) is 0 Å². The molecule has 0 saturated carbocycles. The van der Waals surface area contributed by atoms with Crippen molar-refractivity contribution < 1.29 is 5.11 Å². The minimum Gasteiger partial charge on any atom is -0.396 e. The van der Waals surface area contributed by atoms with Crippen molar-refractivity contribution in [1.82, 2.24) is 10.2 Å². The van der Waals surface area contributed by atoms with E-state index in [0.717, 1.165) is 13.1 Å². The number of hydrogen-bond acceptors (Lipinski definition) is 3. The van der Waals surface area contributed by atoms with E-state index < -0.39 is 0 Å². The second kappa shape index (κ2) is 7.78. The van der Waals surface area contributed by atoms with Crippen LogP contribution in [0, 0.1) is 11.3 Å². The van der Waals surface area contributed by atoms with Crippen molar-refractivity contribution in [2.45, 2.75) is 52.1 Å². The van der Waals surface area contributed by atoms with E-state index >= 15 is 0 Å². The predicted molar refractivity (Wildman–Crippen MR) is 97.7 cm³/mol. The molecule has 0 radical (unpaired) electrons. The molecule has 2 N–H and O–H groups in total. The van der Waals surface area contributed by atoms with Gasteiger partial charge >= 0.3 is 0 Å². The maximum absolute atomic E-state index is 9.86. The smallest absolute Gasteiger partial charge is 0.0488 e. The Morgan fingerprint density at radius 2 is 1.91 bits per heavy atom. The fourth-order valence-electron chi connectivity index (χ4n) is 3.74. The Labute approximate surface area is 142 Å². The largest absolute Gasteiger partial charge is 0.396 e. The fourth-order valence-corrected chi connectivity index (χ4v) is 3.74. The minimum atomic E-state index is -0.130. The van der Waals surface area contributed by atoms with Gasteiger partial charge in [-0.05, 0) is 37.3 Å². The summed E-state index contributed by atoms with van der Waals surface area (Å²) in [4.78, 5) is 2.45. The molecule has 3 nitrogen and oxygen atoms in total. The summed E-state index contributed by atoms with van der Waals surface area (Å²) in [5, 5.41) is 13.7. The molecule has 130 valence electrons. The Hall–Kier alpha value is -0.900. The van der Waals surface area contributed by atoms with Gasteiger partial charge in [-0.2, -0.15) is 0 Å². The first-order chi connectivity index (χ1) is 10.8. The molecule has 1 heterocycles. The van der Waals surface area contributed by atoms with Crippen molar-refractivity contribution in [3.05, 3.63) is 35.9 Å². The number of rotatable bonds is 6. The zero-order chi connectivity index (χ0) is 17.0. The normalized spacial score (nSPS) is 27.8. The molecule has 0 bridgehead atoms. The number of nitrogens with one attached hydrogen (secondary N) is 1. The molecular weight excluding hydrogens is 284 g/mol. The number of aliphatic hydroxyl groups excluding tert-OH is 1. The van der Waals surface area contributed by atoms with Crippen LogP contribution in [0.5, 0.6) is 0 Å². The Bertz CT molecular complexity index is 474. The molecule has 0 aliphatic carbocycles. The Balaban J connectivity index is 2.07. The van der Waals surface area contributed by atoms with Crippen LogP contribution in [0.1, 0.15) is 45.6 Å². The van der Waals surface area contributed by atoms with Gasteiger partial charge in [-0.25, -0.2) is 0 Å². The number of likely N-dealkylation sites (tertiary alicyclic amines) is 1. The lowest BCUT2D eigenvalue weighted by molar-refractivity contribution is 0.104. The van der Waals surface area contributed by atoms with Crippen molar-refractivity contribution in [3.63, 3.8) is 0 Å².